The van der Waals surface area contributed by atoms with Gasteiger partial charge in [-0.1, -0.05) is 80.6 Å². The van der Waals surface area contributed by atoms with Gasteiger partial charge in [-0.15, -0.1) is 0 Å². The fourth-order valence-corrected chi connectivity index (χ4v) is 3.58. The highest BCUT2D eigenvalue weighted by atomic mass is 15.1. The standard InChI is InChI=1S/C25H26N2/c1-19(2)22-15-12-21(13-16-22)18-27-24-11-7-6-10-23(24)26-25(27)17-14-20-8-4-3-5-9-20/h3-13,15-16,19H,14,17-18H2,1-2H3. The van der Waals surface area contributed by atoms with Gasteiger partial charge in [-0.25, -0.2) is 4.98 Å². The van der Waals surface area contributed by atoms with Crippen LogP contribution in [0.3, 0.4) is 0 Å². The van der Waals surface area contributed by atoms with Crippen LogP contribution < -0.4 is 0 Å². The number of para-hydroxylation sites is 2. The van der Waals surface area contributed by atoms with Crippen LogP contribution in [0.2, 0.25) is 0 Å². The monoisotopic (exact) mass is 354 g/mol. The lowest BCUT2D eigenvalue weighted by atomic mass is 10.0. The number of aromatic nitrogens is 2. The number of rotatable bonds is 6. The van der Waals surface area contributed by atoms with Crippen molar-refractivity contribution in [1.82, 2.24) is 9.55 Å². The number of benzene rings is 3. The highest BCUT2D eigenvalue weighted by Crippen LogP contribution is 2.21. The fourth-order valence-electron chi connectivity index (χ4n) is 3.58. The lowest BCUT2D eigenvalue weighted by Crippen LogP contribution is -2.07. The Morgan fingerprint density at radius 1 is 0.741 bits per heavy atom. The van der Waals surface area contributed by atoms with Gasteiger partial charge in [-0.05, 0) is 41.2 Å². The van der Waals surface area contributed by atoms with Gasteiger partial charge in [0.2, 0.25) is 0 Å². The van der Waals surface area contributed by atoms with E-state index in [9.17, 15) is 0 Å². The zero-order chi connectivity index (χ0) is 18.6. The molecule has 0 atom stereocenters. The van der Waals surface area contributed by atoms with Gasteiger partial charge in [0.05, 0.1) is 11.0 Å². The van der Waals surface area contributed by atoms with Crippen molar-refractivity contribution in [3.05, 3.63) is 101 Å². The molecule has 4 rings (SSSR count). The summed E-state index contributed by atoms with van der Waals surface area (Å²) in [6.45, 7) is 5.34. The Kier molecular flexibility index (Phi) is 5.06. The first kappa shape index (κ1) is 17.5. The topological polar surface area (TPSA) is 17.8 Å². The number of aryl methyl sites for hydroxylation is 2. The van der Waals surface area contributed by atoms with Gasteiger partial charge < -0.3 is 4.57 Å². The van der Waals surface area contributed by atoms with E-state index in [1.807, 2.05) is 0 Å². The molecule has 0 aliphatic rings. The van der Waals surface area contributed by atoms with Crippen LogP contribution >= 0.6 is 0 Å². The van der Waals surface area contributed by atoms with Crippen molar-refractivity contribution in [2.24, 2.45) is 0 Å². The number of hydrogen-bond acceptors (Lipinski definition) is 1. The van der Waals surface area contributed by atoms with Gasteiger partial charge in [0.25, 0.3) is 0 Å². The van der Waals surface area contributed by atoms with Gasteiger partial charge in [0, 0.05) is 13.0 Å². The van der Waals surface area contributed by atoms with E-state index in [2.05, 4.69) is 97.3 Å². The second-order valence-electron chi connectivity index (χ2n) is 7.48. The minimum Gasteiger partial charge on any atom is -0.323 e. The molecule has 0 aliphatic heterocycles. The molecule has 0 N–H and O–H groups in total. The molecular weight excluding hydrogens is 328 g/mol. The van der Waals surface area contributed by atoms with E-state index in [4.69, 9.17) is 4.98 Å². The normalized spacial score (nSPS) is 11.4. The largest absolute Gasteiger partial charge is 0.323 e. The van der Waals surface area contributed by atoms with Crippen LogP contribution in [0.25, 0.3) is 11.0 Å². The number of imidazole rings is 1. The average Bonchev–Trinajstić information content (AvgIpc) is 3.05. The molecule has 1 aromatic heterocycles. The average molecular weight is 354 g/mol. The van der Waals surface area contributed by atoms with Crippen molar-refractivity contribution in [1.29, 1.82) is 0 Å². The van der Waals surface area contributed by atoms with E-state index in [1.54, 1.807) is 0 Å². The maximum atomic E-state index is 4.93. The molecule has 0 saturated heterocycles. The summed E-state index contributed by atoms with van der Waals surface area (Å²) in [5, 5.41) is 0. The third kappa shape index (κ3) is 3.95. The smallest absolute Gasteiger partial charge is 0.110 e. The Labute approximate surface area is 161 Å². The first-order chi connectivity index (χ1) is 13.2. The Morgan fingerprint density at radius 3 is 2.19 bits per heavy atom. The third-order valence-electron chi connectivity index (χ3n) is 5.20. The summed E-state index contributed by atoms with van der Waals surface area (Å²) in [5.74, 6) is 1.72. The maximum absolute atomic E-state index is 4.93. The van der Waals surface area contributed by atoms with Gasteiger partial charge >= 0.3 is 0 Å². The zero-order valence-corrected chi connectivity index (χ0v) is 16.1. The van der Waals surface area contributed by atoms with Gasteiger partial charge in [0.15, 0.2) is 0 Å². The predicted molar refractivity (Wildman–Crippen MR) is 113 cm³/mol. The molecule has 2 heteroatoms. The molecule has 27 heavy (non-hydrogen) atoms. The zero-order valence-electron chi connectivity index (χ0n) is 16.1. The fraction of sp³-hybridized carbons (Fsp3) is 0.240. The summed E-state index contributed by atoms with van der Waals surface area (Å²) >= 11 is 0. The molecule has 2 nitrogen and oxygen atoms in total. The van der Waals surface area contributed by atoms with Crippen LogP contribution in [0.4, 0.5) is 0 Å². The minimum atomic E-state index is 0.564. The van der Waals surface area contributed by atoms with Gasteiger partial charge in [0.1, 0.15) is 5.82 Å². The first-order valence-electron chi connectivity index (χ1n) is 9.77. The Bertz CT molecular complexity index is 1010. The number of nitrogens with zero attached hydrogens (tertiary/aromatic N) is 2. The second kappa shape index (κ2) is 7.79. The highest BCUT2D eigenvalue weighted by molar-refractivity contribution is 5.76. The molecule has 1 heterocycles. The summed E-state index contributed by atoms with van der Waals surface area (Å²) in [6.07, 6.45) is 1.96. The molecule has 136 valence electrons. The molecule has 0 aliphatic carbocycles. The van der Waals surface area contributed by atoms with Crippen LogP contribution in [0.5, 0.6) is 0 Å². The highest BCUT2D eigenvalue weighted by Gasteiger charge is 2.11. The summed E-state index contributed by atoms with van der Waals surface area (Å²) in [4.78, 5) is 4.93. The van der Waals surface area contributed by atoms with E-state index in [1.165, 1.54) is 22.2 Å². The number of hydrogen-bond donors (Lipinski definition) is 0. The lowest BCUT2D eigenvalue weighted by molar-refractivity contribution is 0.729. The van der Waals surface area contributed by atoms with Crippen molar-refractivity contribution < 1.29 is 0 Å². The first-order valence-corrected chi connectivity index (χ1v) is 9.77. The molecule has 3 aromatic carbocycles. The number of fused-ring (bicyclic) bond motifs is 1. The van der Waals surface area contributed by atoms with Crippen LogP contribution in [0, 0.1) is 0 Å². The molecule has 4 aromatic rings. The predicted octanol–water partition coefficient (Wildman–Crippen LogP) is 5.99. The minimum absolute atomic E-state index is 0.564. The molecule has 0 bridgehead atoms. The third-order valence-corrected chi connectivity index (χ3v) is 5.20. The summed E-state index contributed by atoms with van der Waals surface area (Å²) in [5.41, 5.74) is 6.37. The maximum Gasteiger partial charge on any atom is 0.110 e. The SMILES string of the molecule is CC(C)c1ccc(Cn2c(CCc3ccccc3)nc3ccccc32)cc1. The molecule has 0 saturated carbocycles. The molecule has 0 unspecified atom stereocenters. The molecule has 0 spiro atoms. The van der Waals surface area contributed by atoms with E-state index in [-0.39, 0.29) is 0 Å². The van der Waals surface area contributed by atoms with E-state index < -0.39 is 0 Å². The summed E-state index contributed by atoms with van der Waals surface area (Å²) in [7, 11) is 0. The van der Waals surface area contributed by atoms with Crippen molar-refractivity contribution in [2.75, 3.05) is 0 Å². The van der Waals surface area contributed by atoms with Crippen molar-refractivity contribution >= 4 is 11.0 Å². The molecule has 0 fully saturated rings. The Morgan fingerprint density at radius 2 is 1.44 bits per heavy atom. The van der Waals surface area contributed by atoms with Gasteiger partial charge in [-0.3, -0.25) is 0 Å². The van der Waals surface area contributed by atoms with E-state index >= 15 is 0 Å². The van der Waals surface area contributed by atoms with Gasteiger partial charge in [-0.2, -0.15) is 0 Å². The van der Waals surface area contributed by atoms with Crippen LogP contribution in [0.1, 0.15) is 42.3 Å². The lowest BCUT2D eigenvalue weighted by Gasteiger charge is -2.11. The van der Waals surface area contributed by atoms with Crippen LogP contribution in [0.15, 0.2) is 78.9 Å². The quantitative estimate of drug-likeness (QED) is 0.416. The van der Waals surface area contributed by atoms with Crippen molar-refractivity contribution in [3.63, 3.8) is 0 Å². The Balaban J connectivity index is 1.63. The van der Waals surface area contributed by atoms with Crippen LogP contribution in [-0.4, -0.2) is 9.55 Å². The molecule has 0 radical (unpaired) electrons. The van der Waals surface area contributed by atoms with E-state index in [0.29, 0.717) is 5.92 Å². The van der Waals surface area contributed by atoms with E-state index in [0.717, 1.165) is 30.7 Å². The van der Waals surface area contributed by atoms with Crippen molar-refractivity contribution in [2.45, 2.75) is 39.2 Å². The second-order valence-corrected chi connectivity index (χ2v) is 7.48. The van der Waals surface area contributed by atoms with Crippen molar-refractivity contribution in [3.8, 4) is 0 Å². The Hall–Kier alpha value is -2.87. The molecular formula is C25H26N2. The van der Waals surface area contributed by atoms with Crippen LogP contribution in [-0.2, 0) is 19.4 Å². The molecule has 0 amide bonds. The summed E-state index contributed by atoms with van der Waals surface area (Å²) in [6, 6.07) is 28.1. The summed E-state index contributed by atoms with van der Waals surface area (Å²) < 4.78 is 2.38.